The van der Waals surface area contributed by atoms with E-state index in [-0.39, 0.29) is 0 Å². The van der Waals surface area contributed by atoms with Crippen molar-refractivity contribution in [1.82, 2.24) is 0 Å². The molecule has 1 aliphatic heterocycles. The third-order valence-corrected chi connectivity index (χ3v) is 7.15. The molecule has 1 aliphatic rings. The number of aryl methyl sites for hydroxylation is 2. The summed E-state index contributed by atoms with van der Waals surface area (Å²) in [5, 5.41) is 0. The fraction of sp³-hybridized carbons (Fsp3) is 0.143. The maximum absolute atomic E-state index is 14.1. The number of ether oxygens (including phenoxy) is 1. The summed E-state index contributed by atoms with van der Waals surface area (Å²) >= 11 is 7.04. The summed E-state index contributed by atoms with van der Waals surface area (Å²) < 4.78 is 61.5. The molecule has 0 aliphatic carbocycles. The summed E-state index contributed by atoms with van der Waals surface area (Å²) in [5.74, 6) is 0. The molecule has 0 saturated heterocycles. The molecule has 0 saturated carbocycles. The van der Waals surface area contributed by atoms with E-state index in [0.29, 0.717) is 11.1 Å². The number of benzene rings is 4. The number of fused-ring (bicyclic) bond motifs is 1. The predicted octanol–water partition coefficient (Wildman–Crippen LogP) is 10.1. The lowest BCUT2D eigenvalue weighted by Crippen LogP contribution is -2.17. The van der Waals surface area contributed by atoms with Crippen LogP contribution in [0.5, 0.6) is 0 Å². The lowest BCUT2D eigenvalue weighted by Gasteiger charge is -2.29. The van der Waals surface area contributed by atoms with E-state index < -0.39 is 23.3 Å². The van der Waals surface area contributed by atoms with Gasteiger partial charge in [0.15, 0.2) is 0 Å². The van der Waals surface area contributed by atoms with Crippen LogP contribution < -0.4 is 4.90 Å². The highest BCUT2D eigenvalue weighted by molar-refractivity contribution is 9.10. The Morgan fingerprint density at radius 3 is 1.64 bits per heavy atom. The number of anilines is 3. The number of nitrogens with zero attached hydrogens (tertiary/aromatic N) is 1. The molecule has 0 radical (unpaired) electrons. The second-order valence-electron chi connectivity index (χ2n) is 8.64. The summed E-state index contributed by atoms with van der Waals surface area (Å²) in [6.07, 6.45) is -8.07. The molecule has 2 nitrogen and oxygen atoms in total. The van der Waals surface area contributed by atoms with Gasteiger partial charge in [0.2, 0.25) is 0 Å². The van der Waals surface area contributed by atoms with E-state index in [9.17, 15) is 17.6 Å². The summed E-state index contributed by atoms with van der Waals surface area (Å²) in [6.45, 7) is 4.05. The number of rotatable bonds is 4. The summed E-state index contributed by atoms with van der Waals surface area (Å²) in [6, 6.07) is 22.9. The van der Waals surface area contributed by atoms with Crippen LogP contribution in [0.25, 0.3) is 11.1 Å². The first-order valence-electron chi connectivity index (χ1n) is 11.0. The van der Waals surface area contributed by atoms with Gasteiger partial charge in [-0.15, -0.1) is 0 Å². The molecule has 0 aromatic heterocycles. The average Bonchev–Trinajstić information content (AvgIpc) is 3.00. The topological polar surface area (TPSA) is 12.5 Å². The molecular weight excluding hydrogens is 602 g/mol. The molecule has 0 unspecified atom stereocenters. The van der Waals surface area contributed by atoms with Crippen LogP contribution >= 0.6 is 31.9 Å². The monoisotopic (exact) mass is 619 g/mol. The van der Waals surface area contributed by atoms with Gasteiger partial charge in [0, 0.05) is 26.0 Å². The second-order valence-corrected chi connectivity index (χ2v) is 10.5. The first kappa shape index (κ1) is 25.0. The third kappa shape index (κ3) is 4.46. The fourth-order valence-electron chi connectivity index (χ4n) is 4.44. The van der Waals surface area contributed by atoms with E-state index in [0.717, 1.165) is 49.3 Å². The zero-order chi connectivity index (χ0) is 25.8. The largest absolute Gasteiger partial charge is 0.388 e. The van der Waals surface area contributed by atoms with Gasteiger partial charge in [-0.1, -0.05) is 50.1 Å². The Morgan fingerprint density at radius 2 is 1.11 bits per heavy atom. The minimum absolute atomic E-state index is 0.396. The molecule has 5 rings (SSSR count). The van der Waals surface area contributed by atoms with Gasteiger partial charge in [0.25, 0.3) is 0 Å². The van der Waals surface area contributed by atoms with E-state index in [1.807, 2.05) is 62.4 Å². The second kappa shape index (κ2) is 9.01. The van der Waals surface area contributed by atoms with Crippen LogP contribution in [0, 0.1) is 13.8 Å². The third-order valence-electron chi connectivity index (χ3n) is 6.16. The Bertz CT molecular complexity index is 1420. The maximum atomic E-state index is 14.1. The van der Waals surface area contributed by atoms with E-state index in [4.69, 9.17) is 0 Å². The molecule has 0 spiro atoms. The van der Waals surface area contributed by atoms with E-state index >= 15 is 0 Å². The van der Waals surface area contributed by atoms with E-state index in [1.165, 1.54) is 6.07 Å². The Labute approximate surface area is 222 Å². The van der Waals surface area contributed by atoms with Crippen LogP contribution in [0.2, 0.25) is 0 Å². The van der Waals surface area contributed by atoms with Gasteiger partial charge in [-0.2, -0.15) is 17.6 Å². The normalized spacial score (nSPS) is 15.6. The molecule has 8 heteroatoms. The van der Waals surface area contributed by atoms with E-state index in [1.54, 1.807) is 12.1 Å². The van der Waals surface area contributed by atoms with Gasteiger partial charge in [-0.3, -0.25) is 0 Å². The zero-order valence-electron chi connectivity index (χ0n) is 19.1. The number of hydrogen-bond acceptors (Lipinski definition) is 2. The fourth-order valence-corrected chi connectivity index (χ4v) is 5.39. The lowest BCUT2D eigenvalue weighted by atomic mass is 9.98. The summed E-state index contributed by atoms with van der Waals surface area (Å²) in [7, 11) is 0. The average molecular weight is 621 g/mol. The smallest absolute Gasteiger partial charge is 0.310 e. The first-order valence-corrected chi connectivity index (χ1v) is 12.6. The molecular formula is C28H19Br2F4NO. The highest BCUT2D eigenvalue weighted by Crippen LogP contribution is 2.51. The van der Waals surface area contributed by atoms with Crippen molar-refractivity contribution >= 4 is 48.9 Å². The Balaban J connectivity index is 1.58. The van der Waals surface area contributed by atoms with Gasteiger partial charge in [0.1, 0.15) is 0 Å². The van der Waals surface area contributed by atoms with Crippen LogP contribution in [0.1, 0.15) is 22.3 Å². The predicted molar refractivity (Wildman–Crippen MR) is 140 cm³/mol. The van der Waals surface area contributed by atoms with Crippen LogP contribution in [0.4, 0.5) is 34.6 Å². The number of hydrogen-bond donors (Lipinski definition) is 0. The van der Waals surface area contributed by atoms with Crippen molar-refractivity contribution in [1.29, 1.82) is 0 Å². The van der Waals surface area contributed by atoms with Crippen LogP contribution in [-0.2, 0) is 17.0 Å². The minimum Gasteiger partial charge on any atom is -0.310 e. The minimum atomic E-state index is -4.05. The standard InChI is InChI=1S/C28H19Br2F4NO/c1-16-13-20(29)6-11-25(16)35(26-12-7-21(30)14-17(26)2)22-8-3-18(4-9-22)19-5-10-23-24(15-19)28(33,34)36-27(23,31)32/h3-15H,1-2H3. The van der Waals surface area contributed by atoms with Crippen LogP contribution in [0.15, 0.2) is 87.8 Å². The van der Waals surface area contributed by atoms with Crippen LogP contribution in [-0.4, -0.2) is 0 Å². The molecule has 0 fully saturated rings. The lowest BCUT2D eigenvalue weighted by molar-refractivity contribution is -0.369. The van der Waals surface area contributed by atoms with E-state index in [2.05, 4.69) is 41.5 Å². The zero-order valence-corrected chi connectivity index (χ0v) is 22.3. The molecule has 36 heavy (non-hydrogen) atoms. The van der Waals surface area contributed by atoms with Crippen molar-refractivity contribution in [2.75, 3.05) is 4.90 Å². The van der Waals surface area contributed by atoms with Crippen molar-refractivity contribution in [3.8, 4) is 11.1 Å². The van der Waals surface area contributed by atoms with Gasteiger partial charge >= 0.3 is 12.2 Å². The summed E-state index contributed by atoms with van der Waals surface area (Å²) in [5.41, 5.74) is 4.31. The molecule has 0 N–H and O–H groups in total. The molecule has 184 valence electrons. The van der Waals surface area contributed by atoms with Crippen molar-refractivity contribution in [3.05, 3.63) is 110 Å². The Hall–Kier alpha value is -2.68. The quantitative estimate of drug-likeness (QED) is 0.211. The highest BCUT2D eigenvalue weighted by atomic mass is 79.9. The van der Waals surface area contributed by atoms with Gasteiger partial charge < -0.3 is 4.90 Å². The first-order chi connectivity index (χ1) is 17.0. The molecule has 1 heterocycles. The number of halogens is 6. The number of alkyl halides is 4. The Morgan fingerprint density at radius 1 is 0.611 bits per heavy atom. The maximum Gasteiger partial charge on any atom is 0.388 e. The molecule has 0 amide bonds. The SMILES string of the molecule is Cc1cc(Br)ccc1N(c1ccc(-c2ccc3c(c2)C(F)(F)OC3(F)F)cc1)c1ccc(Br)cc1C. The highest BCUT2D eigenvalue weighted by Gasteiger charge is 2.57. The Kier molecular flexibility index (Phi) is 6.25. The molecule has 4 aromatic carbocycles. The molecule has 4 aromatic rings. The molecule has 0 bridgehead atoms. The van der Waals surface area contributed by atoms with Crippen molar-refractivity contribution in [2.45, 2.75) is 26.1 Å². The van der Waals surface area contributed by atoms with Gasteiger partial charge in [-0.25, -0.2) is 4.74 Å². The van der Waals surface area contributed by atoms with Crippen molar-refractivity contribution < 1.29 is 22.3 Å². The van der Waals surface area contributed by atoms with Crippen molar-refractivity contribution in [2.24, 2.45) is 0 Å². The van der Waals surface area contributed by atoms with Crippen molar-refractivity contribution in [3.63, 3.8) is 0 Å². The summed E-state index contributed by atoms with van der Waals surface area (Å²) in [4.78, 5) is 2.12. The van der Waals surface area contributed by atoms with Crippen LogP contribution in [0.3, 0.4) is 0 Å². The van der Waals surface area contributed by atoms with Gasteiger partial charge in [-0.05, 0) is 96.8 Å². The molecule has 0 atom stereocenters. The van der Waals surface area contributed by atoms with Gasteiger partial charge in [0.05, 0.1) is 11.1 Å².